The first-order chi connectivity index (χ1) is 16.7. The SMILES string of the molecule is Cl.Cl.Cl.Cl.NC[C@H]1O[C@@H]2O[C@H]3[C@H](OCCO[C@@H]2[C@@H](O)[C@@H]1O)[C@@H](O[C@H]1O[C@H](CO)[C@@H](O)[C@H](N)[C@H]1O)[C@H](N)C[C@@H]3N. The normalized spacial score (nSPS) is 48.1. The molecule has 0 unspecified atom stereocenters. The first-order valence-electron chi connectivity index (χ1n) is 11.8. The van der Waals surface area contributed by atoms with E-state index in [9.17, 15) is 25.5 Å². The molecule has 0 aromatic heterocycles. The van der Waals surface area contributed by atoms with Gasteiger partial charge in [0.05, 0.1) is 25.9 Å². The fourth-order valence-corrected chi connectivity index (χ4v) is 5.10. The van der Waals surface area contributed by atoms with Gasteiger partial charge >= 0.3 is 0 Å². The van der Waals surface area contributed by atoms with Gasteiger partial charge in [-0.3, -0.25) is 0 Å². The Hall–Kier alpha value is 0.560. The largest absolute Gasteiger partial charge is 0.394 e. The summed E-state index contributed by atoms with van der Waals surface area (Å²) in [7, 11) is 0. The van der Waals surface area contributed by atoms with Crippen LogP contribution in [-0.2, 0) is 28.4 Å². The van der Waals surface area contributed by atoms with Crippen LogP contribution in [0.5, 0.6) is 0 Å². The van der Waals surface area contributed by atoms with Crippen molar-refractivity contribution in [3.63, 3.8) is 0 Å². The lowest BCUT2D eigenvalue weighted by molar-refractivity contribution is -0.331. The number of nitrogens with two attached hydrogens (primary N) is 4. The highest BCUT2D eigenvalue weighted by molar-refractivity contribution is 5.86. The maximum absolute atomic E-state index is 10.6. The highest BCUT2D eigenvalue weighted by atomic mass is 35.5. The molecule has 4 aliphatic rings. The molecule has 1 aliphatic carbocycles. The fraction of sp³-hybridized carbons (Fsp3) is 1.00. The zero-order valence-corrected chi connectivity index (χ0v) is 24.1. The van der Waals surface area contributed by atoms with Gasteiger partial charge < -0.3 is 76.9 Å². The Morgan fingerprint density at radius 1 is 0.692 bits per heavy atom. The van der Waals surface area contributed by atoms with E-state index in [1.54, 1.807) is 0 Å². The van der Waals surface area contributed by atoms with Crippen LogP contribution in [0.3, 0.4) is 0 Å². The summed E-state index contributed by atoms with van der Waals surface area (Å²) in [5.41, 5.74) is 24.3. The number of ether oxygens (including phenoxy) is 6. The molecular formula is C20H42Cl4N4O11. The van der Waals surface area contributed by atoms with E-state index < -0.39 is 98.4 Å². The van der Waals surface area contributed by atoms with E-state index in [0.717, 1.165) is 0 Å². The van der Waals surface area contributed by atoms with Crippen molar-refractivity contribution in [3.8, 4) is 0 Å². The van der Waals surface area contributed by atoms with Crippen LogP contribution < -0.4 is 22.9 Å². The molecule has 0 aromatic carbocycles. The number of rotatable bonds is 4. The second kappa shape index (κ2) is 17.0. The Bertz CT molecular complexity index is 714. The van der Waals surface area contributed by atoms with E-state index in [1.165, 1.54) is 0 Å². The van der Waals surface area contributed by atoms with Crippen LogP contribution in [0.4, 0.5) is 0 Å². The van der Waals surface area contributed by atoms with Crippen molar-refractivity contribution in [2.75, 3.05) is 26.4 Å². The van der Waals surface area contributed by atoms with Gasteiger partial charge in [-0.05, 0) is 6.42 Å². The minimum Gasteiger partial charge on any atom is -0.394 e. The Morgan fingerprint density at radius 2 is 1.31 bits per heavy atom. The molecule has 4 fully saturated rings. The molecule has 0 amide bonds. The van der Waals surface area contributed by atoms with E-state index >= 15 is 0 Å². The van der Waals surface area contributed by atoms with Crippen LogP contribution >= 0.6 is 49.6 Å². The predicted octanol–water partition coefficient (Wildman–Crippen LogP) is -4.54. The van der Waals surface area contributed by atoms with Crippen molar-refractivity contribution in [2.45, 2.75) is 98.2 Å². The summed E-state index contributed by atoms with van der Waals surface area (Å²) in [4.78, 5) is 0. The van der Waals surface area contributed by atoms with Crippen molar-refractivity contribution in [1.29, 1.82) is 0 Å². The smallest absolute Gasteiger partial charge is 0.187 e. The first kappa shape index (κ1) is 39.6. The minimum absolute atomic E-state index is 0. The van der Waals surface area contributed by atoms with Crippen LogP contribution in [0.2, 0.25) is 0 Å². The summed E-state index contributed by atoms with van der Waals surface area (Å²) in [5, 5.41) is 51.0. The lowest BCUT2D eigenvalue weighted by atomic mass is 9.84. The fourth-order valence-electron chi connectivity index (χ4n) is 5.10. The molecule has 4 rings (SSSR count). The second-order valence-electron chi connectivity index (χ2n) is 9.48. The monoisotopic (exact) mass is 654 g/mol. The summed E-state index contributed by atoms with van der Waals surface area (Å²) in [6.07, 6.45) is -13.1. The summed E-state index contributed by atoms with van der Waals surface area (Å²) in [6.45, 7) is -0.532. The Morgan fingerprint density at radius 3 is 1.90 bits per heavy atom. The molecule has 39 heavy (non-hydrogen) atoms. The summed E-state index contributed by atoms with van der Waals surface area (Å²) < 4.78 is 35.2. The third-order valence-corrected chi connectivity index (χ3v) is 7.14. The molecule has 236 valence electrons. The molecule has 3 aliphatic heterocycles. The first-order valence-corrected chi connectivity index (χ1v) is 11.8. The van der Waals surface area contributed by atoms with Crippen LogP contribution in [0, 0.1) is 0 Å². The van der Waals surface area contributed by atoms with Gasteiger partial charge in [0.1, 0.15) is 61.0 Å². The van der Waals surface area contributed by atoms with E-state index in [1.807, 2.05) is 0 Å². The van der Waals surface area contributed by atoms with Crippen LogP contribution in [0.15, 0.2) is 0 Å². The molecule has 0 aromatic rings. The topological polar surface area (TPSA) is 261 Å². The highest BCUT2D eigenvalue weighted by Gasteiger charge is 2.53. The van der Waals surface area contributed by atoms with Crippen molar-refractivity contribution in [2.24, 2.45) is 22.9 Å². The van der Waals surface area contributed by atoms with Gasteiger partial charge in [-0.2, -0.15) is 0 Å². The average molecular weight is 656 g/mol. The Balaban J connectivity index is 0.00000361. The minimum atomic E-state index is -1.41. The maximum atomic E-state index is 10.6. The van der Waals surface area contributed by atoms with Crippen molar-refractivity contribution in [1.82, 2.24) is 0 Å². The molecule has 13 N–H and O–H groups in total. The average Bonchev–Trinajstić information content (AvgIpc) is 2.93. The quantitative estimate of drug-likeness (QED) is 0.138. The zero-order valence-electron chi connectivity index (χ0n) is 20.8. The molecule has 0 spiro atoms. The van der Waals surface area contributed by atoms with Gasteiger partial charge in [-0.25, -0.2) is 0 Å². The molecule has 3 saturated heterocycles. The number of hydrogen-bond acceptors (Lipinski definition) is 15. The number of fused-ring (bicyclic) bond motifs is 2. The molecular weight excluding hydrogens is 614 g/mol. The van der Waals surface area contributed by atoms with Gasteiger partial charge in [0, 0.05) is 18.6 Å². The molecule has 0 bridgehead atoms. The Labute approximate surface area is 250 Å². The van der Waals surface area contributed by atoms with Gasteiger partial charge in [0.2, 0.25) is 0 Å². The van der Waals surface area contributed by atoms with E-state index in [0.29, 0.717) is 0 Å². The second-order valence-corrected chi connectivity index (χ2v) is 9.48. The Kier molecular flexibility index (Phi) is 17.2. The number of halogens is 4. The van der Waals surface area contributed by atoms with Crippen molar-refractivity contribution >= 4 is 49.6 Å². The van der Waals surface area contributed by atoms with E-state index in [-0.39, 0.29) is 75.8 Å². The summed E-state index contributed by atoms with van der Waals surface area (Å²) in [6, 6.07) is -2.41. The third-order valence-electron chi connectivity index (χ3n) is 7.14. The molecule has 3 heterocycles. The molecule has 1 saturated carbocycles. The van der Waals surface area contributed by atoms with Gasteiger partial charge in [0.15, 0.2) is 12.6 Å². The van der Waals surface area contributed by atoms with Crippen LogP contribution in [0.1, 0.15) is 6.42 Å². The van der Waals surface area contributed by atoms with E-state index in [4.69, 9.17) is 51.4 Å². The molecule has 19 heteroatoms. The molecule has 0 radical (unpaired) electrons. The van der Waals surface area contributed by atoms with E-state index in [2.05, 4.69) is 0 Å². The number of aliphatic hydroxyl groups excluding tert-OH is 5. The zero-order chi connectivity index (χ0) is 25.4. The van der Waals surface area contributed by atoms with Crippen LogP contribution in [-0.4, -0.2) is 144 Å². The summed E-state index contributed by atoms with van der Waals surface area (Å²) in [5.74, 6) is 0. The van der Waals surface area contributed by atoms with Crippen molar-refractivity contribution in [3.05, 3.63) is 0 Å². The number of hydrogen-bond donors (Lipinski definition) is 9. The predicted molar refractivity (Wildman–Crippen MR) is 144 cm³/mol. The molecule has 15 atom stereocenters. The van der Waals surface area contributed by atoms with Crippen LogP contribution in [0.25, 0.3) is 0 Å². The van der Waals surface area contributed by atoms with Gasteiger partial charge in [0.25, 0.3) is 0 Å². The standard InChI is InChI=1S/C20H38N4O11.4ClH/c21-4-8-12(27)14(29)17-20(32-8)35-16-7(23)3-6(22)15(18(16)31-2-1-30-17)34-19-13(28)10(24)11(26)9(5-25)33-19;;;;/h6-20,25-29H,1-5,21-24H2;4*1H/t6-,7+,8-,9-,10+,11-,12-,13-,14+,15+,16-,17-,18-,19-,20-;;;;/m1..../s1. The number of aliphatic hydroxyl groups is 5. The highest BCUT2D eigenvalue weighted by Crippen LogP contribution is 2.34. The van der Waals surface area contributed by atoms with Gasteiger partial charge in [-0.15, -0.1) is 49.6 Å². The maximum Gasteiger partial charge on any atom is 0.187 e. The summed E-state index contributed by atoms with van der Waals surface area (Å²) >= 11 is 0. The van der Waals surface area contributed by atoms with Crippen molar-refractivity contribution < 1.29 is 54.0 Å². The molecule has 15 nitrogen and oxygen atoms in total. The van der Waals surface area contributed by atoms with Gasteiger partial charge in [-0.1, -0.05) is 0 Å². The lowest BCUT2D eigenvalue weighted by Crippen LogP contribution is -2.68. The lowest BCUT2D eigenvalue weighted by Gasteiger charge is -2.49. The third kappa shape index (κ3) is 8.14.